The summed E-state index contributed by atoms with van der Waals surface area (Å²) in [6, 6.07) is 0. The number of epoxide rings is 1. The molecule has 3 heteroatoms. The summed E-state index contributed by atoms with van der Waals surface area (Å²) >= 11 is 0. The summed E-state index contributed by atoms with van der Waals surface area (Å²) in [4.78, 5) is 10.1. The van der Waals surface area contributed by atoms with E-state index in [2.05, 4.69) is 6.58 Å². The van der Waals surface area contributed by atoms with Crippen LogP contribution in [0.4, 0.5) is 0 Å². The SMILES string of the molecule is C=C(CCC1CO1)C([O])=O. The van der Waals surface area contributed by atoms with Gasteiger partial charge < -0.3 is 4.74 Å². The summed E-state index contributed by atoms with van der Waals surface area (Å²) < 4.78 is 4.88. The molecule has 1 aliphatic heterocycles. The molecule has 1 saturated heterocycles. The Balaban J connectivity index is 2.11. The summed E-state index contributed by atoms with van der Waals surface area (Å²) in [6.45, 7) is 4.10. The van der Waals surface area contributed by atoms with Crippen molar-refractivity contribution in [2.24, 2.45) is 0 Å². The van der Waals surface area contributed by atoms with E-state index in [0.29, 0.717) is 6.42 Å². The molecule has 1 rings (SSSR count). The smallest absolute Gasteiger partial charge is 0.373 e. The Kier molecular flexibility index (Phi) is 2.06. The van der Waals surface area contributed by atoms with E-state index in [9.17, 15) is 9.90 Å². The van der Waals surface area contributed by atoms with Crippen molar-refractivity contribution in [3.05, 3.63) is 12.2 Å². The lowest BCUT2D eigenvalue weighted by Gasteiger charge is -1.93. The maximum atomic E-state index is 10.1. The molecule has 55 valence electrons. The Morgan fingerprint density at radius 2 is 2.30 bits per heavy atom. The van der Waals surface area contributed by atoms with Crippen LogP contribution in [0.3, 0.4) is 0 Å². The first-order chi connectivity index (χ1) is 4.70. The Hall–Kier alpha value is -0.830. The third-order valence-electron chi connectivity index (χ3n) is 1.46. The lowest BCUT2D eigenvalue weighted by Crippen LogP contribution is -1.98. The highest BCUT2D eigenvalue weighted by Crippen LogP contribution is 2.17. The predicted octanol–water partition coefficient (Wildman–Crippen LogP) is 0.679. The molecule has 0 aromatic rings. The van der Waals surface area contributed by atoms with E-state index in [-0.39, 0.29) is 11.7 Å². The Labute approximate surface area is 59.3 Å². The lowest BCUT2D eigenvalue weighted by atomic mass is 10.1. The van der Waals surface area contributed by atoms with Crippen molar-refractivity contribution in [3.8, 4) is 0 Å². The maximum Gasteiger partial charge on any atom is 0.381 e. The van der Waals surface area contributed by atoms with E-state index in [1.807, 2.05) is 0 Å². The average Bonchev–Trinajstić information content (AvgIpc) is 2.64. The van der Waals surface area contributed by atoms with Gasteiger partial charge in [-0.1, -0.05) is 6.58 Å². The largest absolute Gasteiger partial charge is 0.381 e. The van der Waals surface area contributed by atoms with Crippen LogP contribution in [-0.2, 0) is 14.6 Å². The second kappa shape index (κ2) is 2.84. The zero-order valence-corrected chi connectivity index (χ0v) is 5.63. The highest BCUT2D eigenvalue weighted by Gasteiger charge is 2.22. The van der Waals surface area contributed by atoms with Gasteiger partial charge >= 0.3 is 5.97 Å². The van der Waals surface area contributed by atoms with Crippen LogP contribution in [0, 0.1) is 0 Å². The highest BCUT2D eigenvalue weighted by molar-refractivity contribution is 5.85. The van der Waals surface area contributed by atoms with Crippen molar-refractivity contribution in [1.82, 2.24) is 0 Å². The van der Waals surface area contributed by atoms with Gasteiger partial charge in [-0.15, -0.1) is 0 Å². The van der Waals surface area contributed by atoms with Crippen molar-refractivity contribution < 1.29 is 14.6 Å². The number of carbonyl (C=O) groups excluding carboxylic acids is 1. The van der Waals surface area contributed by atoms with Crippen LogP contribution in [-0.4, -0.2) is 18.7 Å². The quantitative estimate of drug-likeness (QED) is 0.427. The van der Waals surface area contributed by atoms with E-state index in [1.165, 1.54) is 0 Å². The van der Waals surface area contributed by atoms with Gasteiger partial charge in [0.05, 0.1) is 12.7 Å². The van der Waals surface area contributed by atoms with E-state index in [1.54, 1.807) is 0 Å². The summed E-state index contributed by atoms with van der Waals surface area (Å²) in [5.41, 5.74) is 0.163. The molecule has 1 unspecified atom stereocenters. The van der Waals surface area contributed by atoms with E-state index in [0.717, 1.165) is 13.0 Å². The third kappa shape index (κ3) is 2.19. The Bertz CT molecular complexity index is 158. The Morgan fingerprint density at radius 3 is 2.70 bits per heavy atom. The number of ether oxygens (including phenoxy) is 1. The average molecular weight is 141 g/mol. The van der Waals surface area contributed by atoms with Gasteiger partial charge in [-0.05, 0) is 12.8 Å². The molecular formula is C7H9O3. The second-order valence-electron chi connectivity index (χ2n) is 2.39. The van der Waals surface area contributed by atoms with Crippen molar-refractivity contribution in [2.45, 2.75) is 18.9 Å². The predicted molar refractivity (Wildman–Crippen MR) is 33.8 cm³/mol. The molecule has 1 heterocycles. The van der Waals surface area contributed by atoms with Gasteiger partial charge in [0, 0.05) is 5.57 Å². The number of hydrogen-bond acceptors (Lipinski definition) is 2. The third-order valence-corrected chi connectivity index (χ3v) is 1.46. The van der Waals surface area contributed by atoms with Crippen LogP contribution < -0.4 is 0 Å². The van der Waals surface area contributed by atoms with E-state index >= 15 is 0 Å². The molecular weight excluding hydrogens is 132 g/mol. The van der Waals surface area contributed by atoms with Crippen LogP contribution in [0.15, 0.2) is 12.2 Å². The Morgan fingerprint density at radius 1 is 1.70 bits per heavy atom. The lowest BCUT2D eigenvalue weighted by molar-refractivity contribution is -0.138. The standard InChI is InChI=1S/C7H9O3/c1-5(7(8)9)2-3-6-4-10-6/h6H,1-4H2. The van der Waals surface area contributed by atoms with Crippen LogP contribution >= 0.6 is 0 Å². The summed E-state index contributed by atoms with van der Waals surface area (Å²) in [5, 5.41) is 10.1. The van der Waals surface area contributed by atoms with Gasteiger partial charge in [0.2, 0.25) is 0 Å². The van der Waals surface area contributed by atoms with Gasteiger partial charge in [-0.3, -0.25) is 0 Å². The highest BCUT2D eigenvalue weighted by atomic mass is 16.6. The van der Waals surface area contributed by atoms with E-state index in [4.69, 9.17) is 4.74 Å². The van der Waals surface area contributed by atoms with Crippen molar-refractivity contribution in [2.75, 3.05) is 6.61 Å². The topological polar surface area (TPSA) is 49.5 Å². The first-order valence-corrected chi connectivity index (χ1v) is 3.21. The monoisotopic (exact) mass is 141 g/mol. The number of rotatable bonds is 4. The first-order valence-electron chi connectivity index (χ1n) is 3.21. The molecule has 0 aliphatic carbocycles. The minimum Gasteiger partial charge on any atom is -0.373 e. The molecule has 1 atom stereocenters. The zero-order valence-electron chi connectivity index (χ0n) is 5.63. The van der Waals surface area contributed by atoms with Gasteiger partial charge in [0.15, 0.2) is 0 Å². The van der Waals surface area contributed by atoms with Crippen LogP contribution in [0.2, 0.25) is 0 Å². The minimum atomic E-state index is -1.15. The molecule has 1 aliphatic rings. The van der Waals surface area contributed by atoms with Crippen molar-refractivity contribution >= 4 is 5.97 Å². The van der Waals surface area contributed by atoms with Gasteiger partial charge in [0.1, 0.15) is 0 Å². The summed E-state index contributed by atoms with van der Waals surface area (Å²) in [5.74, 6) is -1.15. The zero-order chi connectivity index (χ0) is 7.56. The fourth-order valence-corrected chi connectivity index (χ4v) is 0.672. The van der Waals surface area contributed by atoms with Gasteiger partial charge in [-0.25, -0.2) is 9.90 Å². The van der Waals surface area contributed by atoms with E-state index < -0.39 is 5.97 Å². The molecule has 0 saturated carbocycles. The molecule has 1 fully saturated rings. The summed E-state index contributed by atoms with van der Waals surface area (Å²) in [7, 11) is 0. The fourth-order valence-electron chi connectivity index (χ4n) is 0.672. The molecule has 0 spiro atoms. The fraction of sp³-hybridized carbons (Fsp3) is 0.571. The van der Waals surface area contributed by atoms with Gasteiger partial charge in [0.25, 0.3) is 0 Å². The molecule has 0 amide bonds. The maximum absolute atomic E-state index is 10.1. The van der Waals surface area contributed by atoms with Crippen LogP contribution in [0.1, 0.15) is 12.8 Å². The molecule has 0 bridgehead atoms. The first kappa shape index (κ1) is 7.28. The molecule has 3 nitrogen and oxygen atoms in total. The molecule has 0 N–H and O–H groups in total. The van der Waals surface area contributed by atoms with Crippen molar-refractivity contribution in [3.63, 3.8) is 0 Å². The molecule has 1 radical (unpaired) electrons. The number of carbonyl (C=O) groups is 1. The molecule has 0 aromatic carbocycles. The normalized spacial score (nSPS) is 22.2. The minimum absolute atomic E-state index is 0.163. The molecule has 10 heavy (non-hydrogen) atoms. The van der Waals surface area contributed by atoms with Crippen LogP contribution in [0.25, 0.3) is 0 Å². The van der Waals surface area contributed by atoms with Gasteiger partial charge in [-0.2, -0.15) is 0 Å². The summed E-state index contributed by atoms with van der Waals surface area (Å²) in [6.07, 6.45) is 1.51. The second-order valence-corrected chi connectivity index (χ2v) is 2.39. The molecule has 0 aromatic heterocycles. The van der Waals surface area contributed by atoms with Crippen LogP contribution in [0.5, 0.6) is 0 Å². The number of hydrogen-bond donors (Lipinski definition) is 0. The van der Waals surface area contributed by atoms with Crippen molar-refractivity contribution in [1.29, 1.82) is 0 Å².